The summed E-state index contributed by atoms with van der Waals surface area (Å²) in [5.41, 5.74) is 0. The number of carbonyl (C=O) groups is 2. The lowest BCUT2D eigenvalue weighted by molar-refractivity contribution is -0.129. The van der Waals surface area contributed by atoms with Crippen LogP contribution in [0.3, 0.4) is 0 Å². The molecule has 1 heterocycles. The van der Waals surface area contributed by atoms with Gasteiger partial charge in [0.1, 0.15) is 12.4 Å². The van der Waals surface area contributed by atoms with Crippen molar-refractivity contribution in [2.45, 2.75) is 32.4 Å². The molecule has 1 aromatic rings. The lowest BCUT2D eigenvalue weighted by atomic mass is 10.2. The van der Waals surface area contributed by atoms with Gasteiger partial charge in [0.05, 0.1) is 12.6 Å². The molecule has 1 saturated heterocycles. The van der Waals surface area contributed by atoms with Crippen molar-refractivity contribution in [1.29, 1.82) is 0 Å². The summed E-state index contributed by atoms with van der Waals surface area (Å²) in [6.07, 6.45) is 0.367. The number of benzene rings is 1. The number of nitrogens with one attached hydrogen (secondary N) is 2. The summed E-state index contributed by atoms with van der Waals surface area (Å²) in [5, 5.41) is 5.56. The van der Waals surface area contributed by atoms with Crippen molar-refractivity contribution in [3.63, 3.8) is 0 Å². The number of amides is 3. The molecule has 0 saturated carbocycles. The van der Waals surface area contributed by atoms with Crippen molar-refractivity contribution in [2.75, 3.05) is 19.7 Å². The van der Waals surface area contributed by atoms with Crippen LogP contribution in [0, 0.1) is 0 Å². The van der Waals surface area contributed by atoms with Gasteiger partial charge in [0.25, 0.3) is 0 Å². The van der Waals surface area contributed by atoms with Gasteiger partial charge in [-0.05, 0) is 26.0 Å². The zero-order chi connectivity index (χ0) is 15.9. The second-order valence-electron chi connectivity index (χ2n) is 5.60. The van der Waals surface area contributed by atoms with Crippen LogP contribution in [-0.4, -0.2) is 48.6 Å². The molecular formula is C16H23N3O3. The number of urea groups is 1. The molecule has 22 heavy (non-hydrogen) atoms. The van der Waals surface area contributed by atoms with E-state index in [4.69, 9.17) is 4.74 Å². The highest BCUT2D eigenvalue weighted by atomic mass is 16.5. The fraction of sp³-hybridized carbons (Fsp3) is 0.500. The molecular weight excluding hydrogens is 282 g/mol. The first-order valence-electron chi connectivity index (χ1n) is 7.58. The number of hydrogen-bond donors (Lipinski definition) is 2. The van der Waals surface area contributed by atoms with Crippen molar-refractivity contribution in [3.8, 4) is 5.75 Å². The van der Waals surface area contributed by atoms with Gasteiger partial charge >= 0.3 is 6.03 Å². The zero-order valence-electron chi connectivity index (χ0n) is 13.0. The van der Waals surface area contributed by atoms with Crippen LogP contribution >= 0.6 is 0 Å². The van der Waals surface area contributed by atoms with Gasteiger partial charge in [-0.2, -0.15) is 0 Å². The van der Waals surface area contributed by atoms with Crippen LogP contribution in [0.1, 0.15) is 20.3 Å². The number of ether oxygens (including phenoxy) is 1. The minimum absolute atomic E-state index is 0.0905. The Morgan fingerprint density at radius 2 is 2.09 bits per heavy atom. The van der Waals surface area contributed by atoms with E-state index >= 15 is 0 Å². The van der Waals surface area contributed by atoms with Gasteiger partial charge in [-0.3, -0.25) is 4.79 Å². The van der Waals surface area contributed by atoms with Gasteiger partial charge < -0.3 is 20.3 Å². The molecule has 1 aromatic carbocycles. The van der Waals surface area contributed by atoms with Gasteiger partial charge in [0.15, 0.2) is 0 Å². The van der Waals surface area contributed by atoms with E-state index in [0.29, 0.717) is 26.1 Å². The minimum atomic E-state index is -0.264. The minimum Gasteiger partial charge on any atom is -0.492 e. The van der Waals surface area contributed by atoms with Crippen molar-refractivity contribution in [1.82, 2.24) is 15.5 Å². The maximum atomic E-state index is 11.8. The average molecular weight is 305 g/mol. The van der Waals surface area contributed by atoms with Crippen molar-refractivity contribution in [2.24, 2.45) is 0 Å². The lowest BCUT2D eigenvalue weighted by Gasteiger charge is -2.21. The highest BCUT2D eigenvalue weighted by Crippen LogP contribution is 2.14. The Bertz CT molecular complexity index is 505. The molecule has 1 atom stereocenters. The Morgan fingerprint density at radius 3 is 2.73 bits per heavy atom. The molecule has 2 rings (SSSR count). The molecule has 3 amide bonds. The SMILES string of the molecule is CC(C)N1C[C@H](NC(=O)NCCOc2ccccc2)CC1=O. The largest absolute Gasteiger partial charge is 0.492 e. The van der Waals surface area contributed by atoms with Crippen LogP contribution in [-0.2, 0) is 4.79 Å². The molecule has 0 unspecified atom stereocenters. The van der Waals surface area contributed by atoms with Crippen LogP contribution in [0.4, 0.5) is 4.79 Å². The monoisotopic (exact) mass is 305 g/mol. The molecule has 0 aromatic heterocycles. The molecule has 0 radical (unpaired) electrons. The van der Waals surface area contributed by atoms with E-state index in [-0.39, 0.29) is 24.0 Å². The van der Waals surface area contributed by atoms with Gasteiger partial charge in [-0.1, -0.05) is 18.2 Å². The number of hydrogen-bond acceptors (Lipinski definition) is 3. The number of likely N-dealkylation sites (tertiary alicyclic amines) is 1. The predicted molar refractivity (Wildman–Crippen MR) is 83.7 cm³/mol. The summed E-state index contributed by atoms with van der Waals surface area (Å²) >= 11 is 0. The third-order valence-corrected chi connectivity index (χ3v) is 3.52. The van der Waals surface area contributed by atoms with E-state index in [1.54, 1.807) is 4.90 Å². The molecule has 0 spiro atoms. The first-order chi connectivity index (χ1) is 10.6. The van der Waals surface area contributed by atoms with Crippen LogP contribution in [0.2, 0.25) is 0 Å². The van der Waals surface area contributed by atoms with Crippen molar-refractivity contribution in [3.05, 3.63) is 30.3 Å². The lowest BCUT2D eigenvalue weighted by Crippen LogP contribution is -2.44. The summed E-state index contributed by atoms with van der Waals surface area (Å²) in [7, 11) is 0. The summed E-state index contributed by atoms with van der Waals surface area (Å²) < 4.78 is 5.49. The van der Waals surface area contributed by atoms with Crippen LogP contribution in [0.25, 0.3) is 0 Å². The van der Waals surface area contributed by atoms with E-state index in [2.05, 4.69) is 10.6 Å². The number of nitrogens with zero attached hydrogens (tertiary/aromatic N) is 1. The molecule has 1 fully saturated rings. The molecule has 0 bridgehead atoms. The standard InChI is InChI=1S/C16H23N3O3/c1-12(2)19-11-13(10-15(19)20)18-16(21)17-8-9-22-14-6-4-3-5-7-14/h3-7,12-13H,8-11H2,1-2H3,(H2,17,18,21)/t13-/m1/s1. The summed E-state index contributed by atoms with van der Waals surface area (Å²) in [6, 6.07) is 9.23. The van der Waals surface area contributed by atoms with E-state index in [1.165, 1.54) is 0 Å². The smallest absolute Gasteiger partial charge is 0.315 e. The molecule has 120 valence electrons. The van der Waals surface area contributed by atoms with Crippen LogP contribution in [0.15, 0.2) is 30.3 Å². The Morgan fingerprint density at radius 1 is 1.36 bits per heavy atom. The fourth-order valence-electron chi connectivity index (χ4n) is 2.41. The van der Waals surface area contributed by atoms with E-state index in [9.17, 15) is 9.59 Å². The number of para-hydroxylation sites is 1. The molecule has 2 N–H and O–H groups in total. The summed E-state index contributed by atoms with van der Waals surface area (Å²) in [4.78, 5) is 25.3. The third kappa shape index (κ3) is 4.65. The first-order valence-corrected chi connectivity index (χ1v) is 7.58. The zero-order valence-corrected chi connectivity index (χ0v) is 13.0. The summed E-state index contributed by atoms with van der Waals surface area (Å²) in [6.45, 7) is 5.33. The highest BCUT2D eigenvalue weighted by molar-refractivity contribution is 5.81. The fourth-order valence-corrected chi connectivity index (χ4v) is 2.41. The quantitative estimate of drug-likeness (QED) is 0.780. The normalized spacial score (nSPS) is 17.7. The van der Waals surface area contributed by atoms with Crippen LogP contribution in [0.5, 0.6) is 5.75 Å². The van der Waals surface area contributed by atoms with Gasteiger partial charge in [0, 0.05) is 19.0 Å². The maximum Gasteiger partial charge on any atom is 0.315 e. The van der Waals surface area contributed by atoms with Crippen LogP contribution < -0.4 is 15.4 Å². The second-order valence-corrected chi connectivity index (χ2v) is 5.60. The van der Waals surface area contributed by atoms with Crippen molar-refractivity contribution < 1.29 is 14.3 Å². The Labute approximate surface area is 130 Å². The first kappa shape index (κ1) is 16.1. The Hall–Kier alpha value is -2.24. The molecule has 6 heteroatoms. The topological polar surface area (TPSA) is 70.7 Å². The summed E-state index contributed by atoms with van der Waals surface area (Å²) in [5.74, 6) is 0.867. The van der Waals surface area contributed by atoms with Gasteiger partial charge in [-0.25, -0.2) is 4.79 Å². The predicted octanol–water partition coefficient (Wildman–Crippen LogP) is 1.37. The van der Waals surface area contributed by atoms with Gasteiger partial charge in [-0.15, -0.1) is 0 Å². The Kier molecular flexibility index (Phi) is 5.63. The third-order valence-electron chi connectivity index (χ3n) is 3.52. The average Bonchev–Trinajstić information content (AvgIpc) is 2.85. The van der Waals surface area contributed by atoms with Gasteiger partial charge in [0.2, 0.25) is 5.91 Å². The molecule has 1 aliphatic rings. The van der Waals surface area contributed by atoms with E-state index in [0.717, 1.165) is 5.75 Å². The van der Waals surface area contributed by atoms with Crippen molar-refractivity contribution >= 4 is 11.9 Å². The molecule has 6 nitrogen and oxygen atoms in total. The second kappa shape index (κ2) is 7.68. The number of rotatable bonds is 6. The highest BCUT2D eigenvalue weighted by Gasteiger charge is 2.31. The maximum absolute atomic E-state index is 11.8. The molecule has 1 aliphatic heterocycles. The van der Waals surface area contributed by atoms with E-state index in [1.807, 2.05) is 44.2 Å². The Balaban J connectivity index is 1.63. The molecule has 0 aliphatic carbocycles. The number of carbonyl (C=O) groups excluding carboxylic acids is 2. The van der Waals surface area contributed by atoms with E-state index < -0.39 is 0 Å².